The summed E-state index contributed by atoms with van der Waals surface area (Å²) in [4.78, 5) is 15.9. The third kappa shape index (κ3) is 8.85. The van der Waals surface area contributed by atoms with Crippen LogP contribution < -0.4 is 15.5 Å². The highest BCUT2D eigenvalue weighted by atomic mass is 15.2. The average molecular weight is 441 g/mol. The first-order valence-corrected chi connectivity index (χ1v) is 12.0. The van der Waals surface area contributed by atoms with Gasteiger partial charge in [0, 0.05) is 37.1 Å². The predicted molar refractivity (Wildman–Crippen MR) is 140 cm³/mol. The molecule has 0 fully saturated rings. The molecule has 1 aromatic rings. The topological polar surface area (TPSA) is 65.4 Å². The molecule has 0 saturated heterocycles. The predicted octanol–water partition coefficient (Wildman–Crippen LogP) is 6.24. The molecule has 6 nitrogen and oxygen atoms in total. The second-order valence-corrected chi connectivity index (χ2v) is 8.06. The summed E-state index contributed by atoms with van der Waals surface area (Å²) < 4.78 is 0. The monoisotopic (exact) mass is 440 g/mol. The summed E-state index contributed by atoms with van der Waals surface area (Å²) in [6.45, 7) is 23.3. The molecule has 1 unspecified atom stereocenters. The summed E-state index contributed by atoms with van der Waals surface area (Å²) in [6.07, 6.45) is 11.1. The number of hydrogen-bond donors (Lipinski definition) is 2. The number of hydrogen-bond acceptors (Lipinski definition) is 6. The van der Waals surface area contributed by atoms with Crippen molar-refractivity contribution in [3.8, 4) is 0 Å². The molecule has 0 spiro atoms. The van der Waals surface area contributed by atoms with E-state index in [1.807, 2.05) is 26.1 Å². The molecule has 0 saturated carbocycles. The van der Waals surface area contributed by atoms with Gasteiger partial charge in [0.05, 0.1) is 5.82 Å². The van der Waals surface area contributed by atoms with Crippen LogP contribution in [0.1, 0.15) is 72.3 Å². The lowest BCUT2D eigenvalue weighted by Gasteiger charge is -2.26. The highest BCUT2D eigenvalue weighted by Gasteiger charge is 2.16. The van der Waals surface area contributed by atoms with Crippen molar-refractivity contribution >= 4 is 17.9 Å². The molecule has 1 aromatic heterocycles. The Kier molecular flexibility index (Phi) is 13.0. The maximum atomic E-state index is 4.60. The van der Waals surface area contributed by atoms with Crippen LogP contribution in [0.25, 0.3) is 0 Å². The summed E-state index contributed by atoms with van der Waals surface area (Å²) in [5.41, 5.74) is 3.38. The van der Waals surface area contributed by atoms with Gasteiger partial charge in [0.25, 0.3) is 0 Å². The van der Waals surface area contributed by atoms with Crippen molar-refractivity contribution in [3.05, 3.63) is 48.2 Å². The number of nitrogens with zero attached hydrogens (tertiary/aromatic N) is 4. The molecule has 1 heterocycles. The Morgan fingerprint density at radius 1 is 1.25 bits per heavy atom. The van der Waals surface area contributed by atoms with Crippen molar-refractivity contribution in [2.45, 2.75) is 73.6 Å². The highest BCUT2D eigenvalue weighted by Crippen LogP contribution is 2.25. The van der Waals surface area contributed by atoms with Gasteiger partial charge in [-0.15, -0.1) is 0 Å². The van der Waals surface area contributed by atoms with E-state index in [1.54, 1.807) is 6.33 Å². The minimum absolute atomic E-state index is 0.688. The van der Waals surface area contributed by atoms with Crippen molar-refractivity contribution in [2.24, 2.45) is 10.9 Å². The van der Waals surface area contributed by atoms with Crippen LogP contribution in [0.15, 0.2) is 47.6 Å². The van der Waals surface area contributed by atoms with Crippen molar-refractivity contribution in [1.82, 2.24) is 15.3 Å². The van der Waals surface area contributed by atoms with E-state index in [4.69, 9.17) is 0 Å². The molecule has 1 rings (SSSR count). The minimum Gasteiger partial charge on any atom is -0.372 e. The Morgan fingerprint density at radius 3 is 2.59 bits per heavy atom. The molecular formula is C26H44N6. The summed E-state index contributed by atoms with van der Waals surface area (Å²) >= 11 is 0. The fraction of sp³-hybridized carbons (Fsp3) is 0.577. The number of rotatable bonds is 16. The van der Waals surface area contributed by atoms with Crippen molar-refractivity contribution in [3.63, 3.8) is 0 Å². The number of nitrogens with one attached hydrogen (secondary N) is 2. The van der Waals surface area contributed by atoms with E-state index >= 15 is 0 Å². The van der Waals surface area contributed by atoms with Gasteiger partial charge >= 0.3 is 0 Å². The lowest BCUT2D eigenvalue weighted by Crippen LogP contribution is -2.28. The van der Waals surface area contributed by atoms with E-state index in [2.05, 4.69) is 71.3 Å². The average Bonchev–Trinajstić information content (AvgIpc) is 2.79. The normalized spacial score (nSPS) is 12.9. The Bertz CT molecular complexity index is 781. The maximum absolute atomic E-state index is 4.60. The Balaban J connectivity index is 2.75. The second-order valence-electron chi connectivity index (χ2n) is 8.06. The third-order valence-corrected chi connectivity index (χ3v) is 5.86. The van der Waals surface area contributed by atoms with Gasteiger partial charge in [0.1, 0.15) is 18.0 Å². The van der Waals surface area contributed by atoms with Gasteiger partial charge in [-0.3, -0.25) is 4.99 Å². The lowest BCUT2D eigenvalue weighted by atomic mass is 9.94. The zero-order valence-electron chi connectivity index (χ0n) is 21.2. The van der Waals surface area contributed by atoms with E-state index in [0.29, 0.717) is 5.92 Å². The quantitative estimate of drug-likeness (QED) is 0.235. The van der Waals surface area contributed by atoms with E-state index in [-0.39, 0.29) is 0 Å². The maximum Gasteiger partial charge on any atom is 0.139 e. The van der Waals surface area contributed by atoms with Crippen LogP contribution in [0, 0.1) is 12.8 Å². The van der Waals surface area contributed by atoms with Crippen molar-refractivity contribution in [2.75, 3.05) is 29.9 Å². The van der Waals surface area contributed by atoms with Crippen LogP contribution in [0.2, 0.25) is 0 Å². The first kappa shape index (κ1) is 27.4. The van der Waals surface area contributed by atoms with Crippen LogP contribution in [-0.2, 0) is 0 Å². The zero-order valence-corrected chi connectivity index (χ0v) is 21.2. The standard InChI is InChI=1S/C26H44N6/c1-9-20(6)24(28-12-4)16-14-15-23(10-2)17-18-32(13-5)26-21(7)25(29-19-30-26)31-22(8)27-11-3/h9,12,19,23,27H,1,8,10-11,13-18H2,2-7H3,(H,29,30,31)/b24-20+,28-12?. The van der Waals surface area contributed by atoms with Gasteiger partial charge in [-0.05, 0) is 65.4 Å². The molecule has 0 aliphatic rings. The van der Waals surface area contributed by atoms with Gasteiger partial charge in [-0.2, -0.15) is 0 Å². The summed E-state index contributed by atoms with van der Waals surface area (Å²) in [5.74, 6) is 3.24. The molecule has 0 amide bonds. The molecule has 0 aliphatic heterocycles. The first-order valence-electron chi connectivity index (χ1n) is 12.0. The van der Waals surface area contributed by atoms with Crippen LogP contribution in [0.3, 0.4) is 0 Å². The fourth-order valence-corrected chi connectivity index (χ4v) is 3.79. The molecule has 0 aromatic carbocycles. The summed E-state index contributed by atoms with van der Waals surface area (Å²) in [6, 6.07) is 0. The molecule has 0 aliphatic carbocycles. The van der Waals surface area contributed by atoms with E-state index < -0.39 is 0 Å². The Labute approximate surface area is 196 Å². The van der Waals surface area contributed by atoms with Gasteiger partial charge < -0.3 is 15.5 Å². The summed E-state index contributed by atoms with van der Waals surface area (Å²) in [5, 5.41) is 6.44. The third-order valence-electron chi connectivity index (χ3n) is 5.86. The smallest absolute Gasteiger partial charge is 0.139 e. The van der Waals surface area contributed by atoms with Crippen LogP contribution >= 0.6 is 0 Å². The lowest BCUT2D eigenvalue weighted by molar-refractivity contribution is 0.423. The largest absolute Gasteiger partial charge is 0.372 e. The zero-order chi connectivity index (χ0) is 23.9. The van der Waals surface area contributed by atoms with Gasteiger partial charge in [-0.25, -0.2) is 9.97 Å². The van der Waals surface area contributed by atoms with E-state index in [9.17, 15) is 0 Å². The SMILES string of the molecule is C=C/C(C)=C(\CCCC(CC)CCN(CC)c1ncnc(NC(=C)NCC)c1C)N=CC. The highest BCUT2D eigenvalue weighted by molar-refractivity contribution is 5.59. The van der Waals surface area contributed by atoms with Crippen LogP contribution in [0.5, 0.6) is 0 Å². The van der Waals surface area contributed by atoms with Gasteiger partial charge in [-0.1, -0.05) is 39.0 Å². The number of aliphatic imine (C=N–C) groups is 1. The number of anilines is 2. The number of allylic oxidation sites excluding steroid dienone is 3. The molecule has 6 heteroatoms. The van der Waals surface area contributed by atoms with Crippen LogP contribution in [-0.4, -0.2) is 35.8 Å². The first-order chi connectivity index (χ1) is 15.4. The van der Waals surface area contributed by atoms with Gasteiger partial charge in [0.2, 0.25) is 0 Å². The molecule has 1 atom stereocenters. The molecule has 178 valence electrons. The fourth-order valence-electron chi connectivity index (χ4n) is 3.79. The molecule has 0 radical (unpaired) electrons. The van der Waals surface area contributed by atoms with E-state index in [1.165, 1.54) is 18.4 Å². The van der Waals surface area contributed by atoms with E-state index in [0.717, 1.165) is 67.6 Å². The number of aromatic nitrogens is 2. The Hall–Kier alpha value is -2.63. The van der Waals surface area contributed by atoms with Gasteiger partial charge in [0.15, 0.2) is 0 Å². The summed E-state index contributed by atoms with van der Waals surface area (Å²) in [7, 11) is 0. The molecular weight excluding hydrogens is 396 g/mol. The van der Waals surface area contributed by atoms with Crippen molar-refractivity contribution in [1.29, 1.82) is 0 Å². The second kappa shape index (κ2) is 15.2. The molecule has 2 N–H and O–H groups in total. The Morgan fingerprint density at radius 2 is 2.00 bits per heavy atom. The van der Waals surface area contributed by atoms with Crippen molar-refractivity contribution < 1.29 is 0 Å². The molecule has 0 bridgehead atoms. The minimum atomic E-state index is 0.688. The van der Waals surface area contributed by atoms with Crippen LogP contribution in [0.4, 0.5) is 11.6 Å². The molecule has 32 heavy (non-hydrogen) atoms.